The van der Waals surface area contributed by atoms with E-state index in [9.17, 15) is 19.2 Å². The molecule has 1 aromatic carbocycles. The van der Waals surface area contributed by atoms with Crippen molar-refractivity contribution >= 4 is 47.2 Å². The second-order valence-electron chi connectivity index (χ2n) is 7.23. The SMILES string of the molecule is CC(NC(=O)C(Cc1c[nH]c2ccccc12)NC(=O)C(N)CS)C(=O)NC(CO)C(=O)O. The van der Waals surface area contributed by atoms with Gasteiger partial charge in [-0.25, -0.2) is 4.79 Å². The van der Waals surface area contributed by atoms with E-state index in [0.717, 1.165) is 16.5 Å². The van der Waals surface area contributed by atoms with Crippen LogP contribution in [0.5, 0.6) is 0 Å². The Kier molecular flexibility index (Phi) is 9.05. The maximum Gasteiger partial charge on any atom is 0.328 e. The van der Waals surface area contributed by atoms with Crippen molar-refractivity contribution in [2.24, 2.45) is 5.73 Å². The number of rotatable bonds is 11. The Labute approximate surface area is 189 Å². The second kappa shape index (κ2) is 11.5. The largest absolute Gasteiger partial charge is 0.480 e. The number of amides is 3. The van der Waals surface area contributed by atoms with Gasteiger partial charge in [-0.1, -0.05) is 18.2 Å². The van der Waals surface area contributed by atoms with Gasteiger partial charge in [0.2, 0.25) is 17.7 Å². The van der Waals surface area contributed by atoms with E-state index in [1.807, 2.05) is 24.3 Å². The number of aliphatic carboxylic acids is 1. The molecule has 0 fully saturated rings. The molecule has 3 amide bonds. The number of aliphatic hydroxyl groups is 1. The third-order valence-electron chi connectivity index (χ3n) is 4.81. The molecular formula is C20H27N5O6S. The molecule has 0 saturated carbocycles. The summed E-state index contributed by atoms with van der Waals surface area (Å²) in [5.41, 5.74) is 7.33. The van der Waals surface area contributed by atoms with E-state index >= 15 is 0 Å². The Morgan fingerprint density at radius 2 is 1.72 bits per heavy atom. The molecule has 4 unspecified atom stereocenters. The van der Waals surface area contributed by atoms with E-state index < -0.39 is 54.5 Å². The van der Waals surface area contributed by atoms with E-state index in [2.05, 4.69) is 33.6 Å². The summed E-state index contributed by atoms with van der Waals surface area (Å²) in [5, 5.41) is 26.0. The Balaban J connectivity index is 2.17. The molecule has 0 spiro atoms. The Morgan fingerprint density at radius 3 is 2.34 bits per heavy atom. The first-order chi connectivity index (χ1) is 15.2. The van der Waals surface area contributed by atoms with E-state index in [1.165, 1.54) is 6.92 Å². The van der Waals surface area contributed by atoms with Crippen molar-refractivity contribution in [2.45, 2.75) is 37.5 Å². The molecule has 2 rings (SSSR count). The van der Waals surface area contributed by atoms with Gasteiger partial charge in [0.15, 0.2) is 0 Å². The number of carbonyl (C=O) groups is 4. The third-order valence-corrected chi connectivity index (χ3v) is 5.21. The Bertz CT molecular complexity index is 980. The molecule has 0 aliphatic rings. The molecule has 32 heavy (non-hydrogen) atoms. The molecule has 4 atom stereocenters. The van der Waals surface area contributed by atoms with Crippen molar-refractivity contribution in [3.63, 3.8) is 0 Å². The minimum absolute atomic E-state index is 0.0732. The van der Waals surface area contributed by atoms with Crippen molar-refractivity contribution < 1.29 is 29.4 Å². The minimum Gasteiger partial charge on any atom is -0.480 e. The van der Waals surface area contributed by atoms with Gasteiger partial charge in [-0.05, 0) is 18.6 Å². The van der Waals surface area contributed by atoms with Crippen LogP contribution in [-0.2, 0) is 25.6 Å². The number of hydrogen-bond donors (Lipinski definition) is 8. The summed E-state index contributed by atoms with van der Waals surface area (Å²) in [4.78, 5) is 51.5. The number of para-hydroxylation sites is 1. The zero-order chi connectivity index (χ0) is 23.8. The highest BCUT2D eigenvalue weighted by Crippen LogP contribution is 2.19. The summed E-state index contributed by atoms with van der Waals surface area (Å²) < 4.78 is 0. The number of benzene rings is 1. The van der Waals surface area contributed by atoms with Gasteiger partial charge < -0.3 is 36.9 Å². The first-order valence-electron chi connectivity index (χ1n) is 9.84. The zero-order valence-corrected chi connectivity index (χ0v) is 18.3. The number of aromatic amines is 1. The second-order valence-corrected chi connectivity index (χ2v) is 7.59. The number of carboxylic acid groups (broad SMARTS) is 1. The topological polar surface area (TPSA) is 187 Å². The van der Waals surface area contributed by atoms with Crippen LogP contribution in [0, 0.1) is 0 Å². The highest BCUT2D eigenvalue weighted by atomic mass is 32.1. The predicted molar refractivity (Wildman–Crippen MR) is 120 cm³/mol. The maximum absolute atomic E-state index is 12.9. The van der Waals surface area contributed by atoms with Crippen molar-refractivity contribution in [3.8, 4) is 0 Å². The van der Waals surface area contributed by atoms with Gasteiger partial charge in [-0.15, -0.1) is 0 Å². The lowest BCUT2D eigenvalue weighted by molar-refractivity contribution is -0.143. The molecule has 1 heterocycles. The first-order valence-corrected chi connectivity index (χ1v) is 10.5. The van der Waals surface area contributed by atoms with Gasteiger partial charge in [-0.3, -0.25) is 14.4 Å². The van der Waals surface area contributed by atoms with Crippen molar-refractivity contribution in [3.05, 3.63) is 36.0 Å². The van der Waals surface area contributed by atoms with E-state index in [4.69, 9.17) is 15.9 Å². The van der Waals surface area contributed by atoms with Crippen LogP contribution >= 0.6 is 12.6 Å². The van der Waals surface area contributed by atoms with Crippen LogP contribution in [0.4, 0.5) is 0 Å². The number of hydrogen-bond acceptors (Lipinski definition) is 7. The summed E-state index contributed by atoms with van der Waals surface area (Å²) in [6, 6.07) is 2.82. The van der Waals surface area contributed by atoms with Crippen LogP contribution in [-0.4, -0.2) is 75.4 Å². The molecule has 0 radical (unpaired) electrons. The standard InChI is InChI=1S/C20H27N5O6S/c1-10(17(27)25-16(8-26)20(30)31)23-19(29)15(24-18(28)13(21)9-32)6-11-7-22-14-5-3-2-4-12(11)14/h2-5,7,10,13,15-16,22,26,32H,6,8-9,21H2,1H3,(H,23,29)(H,24,28)(H,25,27)(H,30,31). The molecule has 0 aliphatic heterocycles. The lowest BCUT2D eigenvalue weighted by atomic mass is 10.0. The molecular weight excluding hydrogens is 438 g/mol. The number of aromatic nitrogens is 1. The Hall–Kier alpha value is -3.09. The number of nitrogens with one attached hydrogen (secondary N) is 4. The fourth-order valence-electron chi connectivity index (χ4n) is 2.95. The number of aliphatic hydroxyl groups excluding tert-OH is 1. The molecule has 8 N–H and O–H groups in total. The highest BCUT2D eigenvalue weighted by molar-refractivity contribution is 7.80. The van der Waals surface area contributed by atoms with E-state index in [-0.39, 0.29) is 12.2 Å². The number of carboxylic acids is 1. The van der Waals surface area contributed by atoms with Gasteiger partial charge in [0, 0.05) is 29.3 Å². The molecule has 174 valence electrons. The molecule has 2 aromatic rings. The zero-order valence-electron chi connectivity index (χ0n) is 17.4. The van der Waals surface area contributed by atoms with E-state index in [1.54, 1.807) is 6.20 Å². The average molecular weight is 466 g/mol. The summed E-state index contributed by atoms with van der Waals surface area (Å²) in [5.74, 6) is -3.38. The van der Waals surface area contributed by atoms with E-state index in [0.29, 0.717) is 0 Å². The number of thiol groups is 1. The van der Waals surface area contributed by atoms with Gasteiger partial charge in [0.1, 0.15) is 18.1 Å². The molecule has 1 aromatic heterocycles. The lowest BCUT2D eigenvalue weighted by Gasteiger charge is -2.23. The van der Waals surface area contributed by atoms with Crippen LogP contribution in [0.3, 0.4) is 0 Å². The quantitative estimate of drug-likeness (QED) is 0.186. The van der Waals surface area contributed by atoms with Gasteiger partial charge in [0.05, 0.1) is 12.6 Å². The highest BCUT2D eigenvalue weighted by Gasteiger charge is 2.28. The minimum atomic E-state index is -1.50. The van der Waals surface area contributed by atoms with Gasteiger partial charge in [-0.2, -0.15) is 12.6 Å². The normalized spacial score (nSPS) is 14.8. The van der Waals surface area contributed by atoms with Crippen LogP contribution in [0.2, 0.25) is 0 Å². The van der Waals surface area contributed by atoms with Crippen LogP contribution in [0.1, 0.15) is 12.5 Å². The molecule has 0 aliphatic carbocycles. The first kappa shape index (κ1) is 25.2. The maximum atomic E-state index is 12.9. The number of fused-ring (bicyclic) bond motifs is 1. The van der Waals surface area contributed by atoms with Gasteiger partial charge in [0.25, 0.3) is 0 Å². The summed E-state index contributed by atoms with van der Waals surface area (Å²) in [6.45, 7) is 0.552. The Morgan fingerprint density at radius 1 is 1.06 bits per heavy atom. The third kappa shape index (κ3) is 6.45. The van der Waals surface area contributed by atoms with Crippen molar-refractivity contribution in [1.82, 2.24) is 20.9 Å². The fourth-order valence-corrected chi connectivity index (χ4v) is 3.12. The van der Waals surface area contributed by atoms with Crippen LogP contribution in [0.25, 0.3) is 10.9 Å². The molecule has 11 nitrogen and oxygen atoms in total. The monoisotopic (exact) mass is 465 g/mol. The summed E-state index contributed by atoms with van der Waals surface area (Å²) in [7, 11) is 0. The predicted octanol–water partition coefficient (Wildman–Crippen LogP) is -1.48. The molecule has 12 heteroatoms. The summed E-state index contributed by atoms with van der Waals surface area (Å²) >= 11 is 3.99. The number of nitrogens with two attached hydrogens (primary N) is 1. The van der Waals surface area contributed by atoms with Crippen molar-refractivity contribution in [2.75, 3.05) is 12.4 Å². The van der Waals surface area contributed by atoms with Crippen LogP contribution < -0.4 is 21.7 Å². The fraction of sp³-hybridized carbons (Fsp3) is 0.400. The average Bonchev–Trinajstić information content (AvgIpc) is 3.18. The van der Waals surface area contributed by atoms with Crippen molar-refractivity contribution in [1.29, 1.82) is 0 Å². The smallest absolute Gasteiger partial charge is 0.328 e. The molecule has 0 bridgehead atoms. The van der Waals surface area contributed by atoms with Gasteiger partial charge >= 0.3 is 5.97 Å². The lowest BCUT2D eigenvalue weighted by Crippen LogP contribution is -2.57. The summed E-state index contributed by atoms with van der Waals surface area (Å²) in [6.07, 6.45) is 1.84. The molecule has 0 saturated heterocycles. The van der Waals surface area contributed by atoms with Crippen LogP contribution in [0.15, 0.2) is 30.5 Å². The number of carbonyl (C=O) groups excluding carboxylic acids is 3. The number of H-pyrrole nitrogens is 1.